The number of carboxylic acid groups (broad SMARTS) is 1. The minimum Gasteiger partial charge on any atom is -0.497 e. The molecule has 0 amide bonds. The number of aromatic nitrogens is 1. The summed E-state index contributed by atoms with van der Waals surface area (Å²) in [6.45, 7) is 0. The van der Waals surface area contributed by atoms with Crippen LogP contribution in [0.2, 0.25) is 0 Å². The third-order valence-electron chi connectivity index (χ3n) is 6.66. The fraction of sp³-hybridized carbons (Fsp3) is 0.333. The van der Waals surface area contributed by atoms with Gasteiger partial charge < -0.3 is 14.6 Å². The SMILES string of the molecule is COc1ccc(F)c(-c2ccc(C3CCc4ccc(C(CC(=O)O)C5CC5)cc4O3)cn2)c1. The van der Waals surface area contributed by atoms with Gasteiger partial charge in [0.05, 0.1) is 19.2 Å². The van der Waals surface area contributed by atoms with Crippen LogP contribution < -0.4 is 9.47 Å². The lowest BCUT2D eigenvalue weighted by Gasteiger charge is -2.27. The Kier molecular flexibility index (Phi) is 5.75. The highest BCUT2D eigenvalue weighted by molar-refractivity contribution is 5.68. The number of benzene rings is 2. The molecule has 0 spiro atoms. The molecule has 1 N–H and O–H groups in total. The Labute approximate surface area is 192 Å². The predicted octanol–water partition coefficient (Wildman–Crippen LogP) is 5.93. The fourth-order valence-electron chi connectivity index (χ4n) is 4.68. The number of ether oxygens (including phenoxy) is 2. The molecular weight excluding hydrogens is 421 g/mol. The van der Waals surface area contributed by atoms with E-state index in [-0.39, 0.29) is 24.3 Å². The first-order valence-corrected chi connectivity index (χ1v) is 11.3. The zero-order chi connectivity index (χ0) is 22.9. The van der Waals surface area contributed by atoms with Crippen LogP contribution >= 0.6 is 0 Å². The van der Waals surface area contributed by atoms with Crippen LogP contribution in [0, 0.1) is 11.7 Å². The van der Waals surface area contributed by atoms with E-state index in [1.807, 2.05) is 12.1 Å². The maximum atomic E-state index is 14.3. The molecule has 0 radical (unpaired) electrons. The van der Waals surface area contributed by atoms with Crippen molar-refractivity contribution in [3.8, 4) is 22.8 Å². The second-order valence-corrected chi connectivity index (χ2v) is 8.88. The summed E-state index contributed by atoms with van der Waals surface area (Å²) in [5, 5.41) is 9.33. The number of pyridine rings is 1. The van der Waals surface area contributed by atoms with Gasteiger partial charge in [-0.15, -0.1) is 0 Å². The number of aryl methyl sites for hydroxylation is 1. The van der Waals surface area contributed by atoms with Gasteiger partial charge in [0.25, 0.3) is 0 Å². The first-order chi connectivity index (χ1) is 16.0. The Hall–Kier alpha value is -3.41. The number of nitrogens with zero attached hydrogens (tertiary/aromatic N) is 1. The van der Waals surface area contributed by atoms with E-state index in [1.54, 1.807) is 31.5 Å². The van der Waals surface area contributed by atoms with Crippen molar-refractivity contribution in [1.29, 1.82) is 0 Å². The number of carboxylic acids is 1. The number of fused-ring (bicyclic) bond motifs is 1. The predicted molar refractivity (Wildman–Crippen MR) is 122 cm³/mol. The van der Waals surface area contributed by atoms with E-state index in [9.17, 15) is 14.3 Å². The number of hydrogen-bond donors (Lipinski definition) is 1. The van der Waals surface area contributed by atoms with Crippen molar-refractivity contribution in [2.24, 2.45) is 5.92 Å². The van der Waals surface area contributed by atoms with E-state index in [0.29, 0.717) is 22.9 Å². The largest absolute Gasteiger partial charge is 0.497 e. The number of halogens is 1. The van der Waals surface area contributed by atoms with Crippen molar-refractivity contribution >= 4 is 5.97 Å². The lowest BCUT2D eigenvalue weighted by atomic mass is 9.88. The molecule has 0 bridgehead atoms. The molecule has 3 aromatic rings. The van der Waals surface area contributed by atoms with Crippen molar-refractivity contribution in [2.75, 3.05) is 7.11 Å². The topological polar surface area (TPSA) is 68.7 Å². The quantitative estimate of drug-likeness (QED) is 0.486. The molecule has 0 saturated heterocycles. The molecule has 2 atom stereocenters. The van der Waals surface area contributed by atoms with Crippen molar-refractivity contribution in [2.45, 2.75) is 44.1 Å². The highest BCUT2D eigenvalue weighted by atomic mass is 19.1. The van der Waals surface area contributed by atoms with E-state index in [0.717, 1.165) is 48.1 Å². The summed E-state index contributed by atoms with van der Waals surface area (Å²) in [7, 11) is 1.55. The third-order valence-corrected chi connectivity index (χ3v) is 6.66. The maximum absolute atomic E-state index is 14.3. The second kappa shape index (κ2) is 8.85. The lowest BCUT2D eigenvalue weighted by molar-refractivity contribution is -0.137. The molecule has 2 heterocycles. The van der Waals surface area contributed by atoms with Gasteiger partial charge in [-0.05, 0) is 79.0 Å². The number of hydrogen-bond acceptors (Lipinski definition) is 4. The van der Waals surface area contributed by atoms with Gasteiger partial charge in [0.15, 0.2) is 0 Å². The molecule has 5 nitrogen and oxygen atoms in total. The van der Waals surface area contributed by atoms with E-state index in [1.165, 1.54) is 6.07 Å². The number of carbonyl (C=O) groups is 1. The number of methoxy groups -OCH3 is 1. The molecule has 1 fully saturated rings. The maximum Gasteiger partial charge on any atom is 0.303 e. The molecule has 1 saturated carbocycles. The van der Waals surface area contributed by atoms with Gasteiger partial charge in [-0.1, -0.05) is 18.2 Å². The van der Waals surface area contributed by atoms with Crippen LogP contribution in [0.15, 0.2) is 54.7 Å². The van der Waals surface area contributed by atoms with Gasteiger partial charge in [0, 0.05) is 17.3 Å². The summed E-state index contributed by atoms with van der Waals surface area (Å²) in [6.07, 6.45) is 5.61. The zero-order valence-electron chi connectivity index (χ0n) is 18.5. The summed E-state index contributed by atoms with van der Waals surface area (Å²) in [4.78, 5) is 15.8. The van der Waals surface area contributed by atoms with Crippen LogP contribution in [0.25, 0.3) is 11.3 Å². The van der Waals surface area contributed by atoms with Gasteiger partial charge in [-0.3, -0.25) is 9.78 Å². The molecule has 1 aliphatic carbocycles. The van der Waals surface area contributed by atoms with Gasteiger partial charge in [0.1, 0.15) is 23.4 Å². The van der Waals surface area contributed by atoms with Gasteiger partial charge >= 0.3 is 5.97 Å². The standard InChI is InChI=1S/C27H26FNO4/c1-32-20-8-9-23(28)22(13-20)24-10-6-19(15-29-24)25-11-7-17-4-5-18(12-26(17)33-25)21(14-27(30)31)16-2-3-16/h4-6,8-10,12-13,15-16,21,25H,2-3,7,11,14H2,1H3,(H,30,31). The average molecular weight is 448 g/mol. The smallest absolute Gasteiger partial charge is 0.303 e. The Balaban J connectivity index is 1.36. The normalized spacial score (nSPS) is 18.2. The van der Waals surface area contributed by atoms with Crippen LogP contribution in [0.4, 0.5) is 4.39 Å². The Morgan fingerprint density at radius 3 is 2.73 bits per heavy atom. The summed E-state index contributed by atoms with van der Waals surface area (Å²) in [5.74, 6) is 0.776. The highest BCUT2D eigenvalue weighted by Gasteiger charge is 2.34. The lowest BCUT2D eigenvalue weighted by Crippen LogP contribution is -2.16. The summed E-state index contributed by atoms with van der Waals surface area (Å²) >= 11 is 0. The van der Waals surface area contributed by atoms with Crippen LogP contribution in [-0.4, -0.2) is 23.2 Å². The first kappa shape index (κ1) is 21.4. The second-order valence-electron chi connectivity index (χ2n) is 8.88. The molecular formula is C27H26FNO4. The van der Waals surface area contributed by atoms with Gasteiger partial charge in [-0.2, -0.15) is 0 Å². The highest BCUT2D eigenvalue weighted by Crippen LogP contribution is 2.46. The third kappa shape index (κ3) is 4.56. The molecule has 2 unspecified atom stereocenters. The number of aliphatic carboxylic acids is 1. The first-order valence-electron chi connectivity index (χ1n) is 11.3. The Bertz CT molecular complexity index is 1170. The van der Waals surface area contributed by atoms with E-state index >= 15 is 0 Å². The fourth-order valence-corrected chi connectivity index (χ4v) is 4.68. The molecule has 1 aliphatic heterocycles. The molecule has 33 heavy (non-hydrogen) atoms. The minimum absolute atomic E-state index is 0.0375. The van der Waals surface area contributed by atoms with Crippen LogP contribution in [0.1, 0.15) is 54.4 Å². The van der Waals surface area contributed by atoms with Crippen molar-refractivity contribution in [3.63, 3.8) is 0 Å². The van der Waals surface area contributed by atoms with Crippen molar-refractivity contribution in [1.82, 2.24) is 4.98 Å². The molecule has 2 aliphatic rings. The Morgan fingerprint density at radius 2 is 2.03 bits per heavy atom. The summed E-state index contributed by atoms with van der Waals surface area (Å²) < 4.78 is 25.8. The minimum atomic E-state index is -0.762. The van der Waals surface area contributed by atoms with E-state index < -0.39 is 5.97 Å². The van der Waals surface area contributed by atoms with Crippen molar-refractivity contribution < 1.29 is 23.8 Å². The van der Waals surface area contributed by atoms with Gasteiger partial charge in [-0.25, -0.2) is 4.39 Å². The van der Waals surface area contributed by atoms with Crippen LogP contribution in [0.3, 0.4) is 0 Å². The summed E-state index contributed by atoms with van der Waals surface area (Å²) in [6, 6.07) is 14.5. The molecule has 2 aromatic carbocycles. The van der Waals surface area contributed by atoms with E-state index in [4.69, 9.17) is 9.47 Å². The molecule has 170 valence electrons. The molecule has 5 rings (SSSR count). The Morgan fingerprint density at radius 1 is 1.18 bits per heavy atom. The molecule has 1 aromatic heterocycles. The average Bonchev–Trinajstić information content (AvgIpc) is 3.68. The van der Waals surface area contributed by atoms with Crippen molar-refractivity contribution in [3.05, 3.63) is 77.2 Å². The summed E-state index contributed by atoms with van der Waals surface area (Å²) in [5.41, 5.74) is 4.05. The monoisotopic (exact) mass is 447 g/mol. The zero-order valence-corrected chi connectivity index (χ0v) is 18.5. The van der Waals surface area contributed by atoms with Gasteiger partial charge in [0.2, 0.25) is 0 Å². The number of rotatable bonds is 7. The van der Waals surface area contributed by atoms with E-state index in [2.05, 4.69) is 17.1 Å². The molecule has 6 heteroatoms. The van der Waals surface area contributed by atoms with Crippen LogP contribution in [0.5, 0.6) is 11.5 Å². The van der Waals surface area contributed by atoms with Crippen LogP contribution in [-0.2, 0) is 11.2 Å².